The Morgan fingerprint density at radius 3 is 2.76 bits per heavy atom. The maximum atomic E-state index is 12.2. The van der Waals surface area contributed by atoms with E-state index in [9.17, 15) is 4.79 Å². The molecule has 0 bridgehead atoms. The molecule has 0 amide bonds. The number of nitrogens with zero attached hydrogens (tertiary/aromatic N) is 3. The first-order valence-corrected chi connectivity index (χ1v) is 6.95. The molecule has 0 N–H and O–H groups in total. The summed E-state index contributed by atoms with van der Waals surface area (Å²) in [5.74, 6) is -0.0813. The summed E-state index contributed by atoms with van der Waals surface area (Å²) in [6.45, 7) is 1.54. The first-order valence-electron chi connectivity index (χ1n) is 6.95. The Kier molecular flexibility index (Phi) is 3.44. The zero-order valence-electron chi connectivity index (χ0n) is 11.7. The Hall–Kier alpha value is -2.61. The average molecular weight is 281 g/mol. The van der Waals surface area contributed by atoms with Crippen molar-refractivity contribution in [2.45, 2.75) is 31.8 Å². The molecule has 1 aliphatic carbocycles. The molecule has 1 aromatic carbocycles. The summed E-state index contributed by atoms with van der Waals surface area (Å²) in [5.41, 5.74) is 2.08. The molecule has 3 rings (SSSR count). The van der Waals surface area contributed by atoms with Crippen molar-refractivity contribution in [2.24, 2.45) is 0 Å². The summed E-state index contributed by atoms with van der Waals surface area (Å²) in [6.07, 6.45) is 1.44. The molecule has 5 heteroatoms. The van der Waals surface area contributed by atoms with Gasteiger partial charge in [-0.05, 0) is 38.0 Å². The van der Waals surface area contributed by atoms with Crippen LogP contribution in [0.15, 0.2) is 36.4 Å². The summed E-state index contributed by atoms with van der Waals surface area (Å²) < 4.78 is 6.70. The number of hydrogen-bond donors (Lipinski definition) is 0. The van der Waals surface area contributed by atoms with E-state index in [0.29, 0.717) is 11.6 Å². The van der Waals surface area contributed by atoms with Crippen LogP contribution in [0.2, 0.25) is 0 Å². The van der Waals surface area contributed by atoms with Crippen molar-refractivity contribution in [3.05, 3.63) is 47.8 Å². The largest absolute Gasteiger partial charge is 0.443 e. The summed E-state index contributed by atoms with van der Waals surface area (Å²) in [6, 6.07) is 13.1. The van der Waals surface area contributed by atoms with Gasteiger partial charge < -0.3 is 4.74 Å². The van der Waals surface area contributed by atoms with E-state index in [1.165, 1.54) is 0 Å². The van der Waals surface area contributed by atoms with Crippen molar-refractivity contribution in [3.8, 4) is 11.8 Å². The number of ether oxygens (including phenoxy) is 1. The van der Waals surface area contributed by atoms with Crippen molar-refractivity contribution in [2.75, 3.05) is 0 Å². The second-order valence-corrected chi connectivity index (χ2v) is 5.15. The van der Waals surface area contributed by atoms with Crippen molar-refractivity contribution in [3.63, 3.8) is 0 Å². The van der Waals surface area contributed by atoms with Gasteiger partial charge in [0.25, 0.3) is 0 Å². The molecular formula is C16H15N3O2. The molecule has 1 saturated carbocycles. The van der Waals surface area contributed by atoms with Crippen molar-refractivity contribution in [1.29, 1.82) is 5.26 Å². The van der Waals surface area contributed by atoms with Gasteiger partial charge in [-0.1, -0.05) is 18.2 Å². The Morgan fingerprint density at radius 1 is 1.43 bits per heavy atom. The van der Waals surface area contributed by atoms with Crippen LogP contribution in [0.1, 0.15) is 41.9 Å². The van der Waals surface area contributed by atoms with E-state index in [0.717, 1.165) is 24.2 Å². The summed E-state index contributed by atoms with van der Waals surface area (Å²) in [4.78, 5) is 12.2. The molecule has 0 unspecified atom stereocenters. The van der Waals surface area contributed by atoms with E-state index in [4.69, 9.17) is 10.00 Å². The zero-order valence-corrected chi connectivity index (χ0v) is 11.7. The molecule has 1 aromatic heterocycles. The Labute approximate surface area is 122 Å². The highest BCUT2D eigenvalue weighted by Gasteiger charge is 2.29. The monoisotopic (exact) mass is 281 g/mol. The number of nitriles is 1. The van der Waals surface area contributed by atoms with Crippen LogP contribution in [0, 0.1) is 11.3 Å². The van der Waals surface area contributed by atoms with Gasteiger partial charge in [-0.2, -0.15) is 10.4 Å². The summed E-state index contributed by atoms with van der Waals surface area (Å²) in [5, 5.41) is 13.3. The van der Waals surface area contributed by atoms with E-state index in [-0.39, 0.29) is 0 Å². The fraction of sp³-hybridized carbons (Fsp3) is 0.312. The number of aromatic nitrogens is 2. The molecule has 2 aromatic rings. The number of esters is 1. The topological polar surface area (TPSA) is 67.9 Å². The van der Waals surface area contributed by atoms with Crippen molar-refractivity contribution in [1.82, 2.24) is 9.78 Å². The third-order valence-corrected chi connectivity index (χ3v) is 3.40. The number of para-hydroxylation sites is 1. The maximum absolute atomic E-state index is 12.2. The predicted octanol–water partition coefficient (Wildman–Crippen LogP) is 2.82. The standard InChI is InChI=1S/C16H15N3O2/c1-11(10-17)21-16(20)15-9-14(12-7-8-12)18-19(15)13-5-3-2-4-6-13/h2-6,9,11-12H,7-8H2,1H3/t11-/m0/s1. The second-order valence-electron chi connectivity index (χ2n) is 5.15. The lowest BCUT2D eigenvalue weighted by Gasteiger charge is -2.08. The van der Waals surface area contributed by atoms with Gasteiger partial charge in [0.15, 0.2) is 11.8 Å². The lowest BCUT2D eigenvalue weighted by Crippen LogP contribution is -2.16. The lowest BCUT2D eigenvalue weighted by molar-refractivity contribution is 0.0424. The van der Waals surface area contributed by atoms with E-state index in [1.54, 1.807) is 17.7 Å². The Bertz CT molecular complexity index is 696. The van der Waals surface area contributed by atoms with Gasteiger partial charge in [0.2, 0.25) is 0 Å². The fourth-order valence-corrected chi connectivity index (χ4v) is 2.14. The van der Waals surface area contributed by atoms with Crippen LogP contribution in [0.4, 0.5) is 0 Å². The number of hydrogen-bond acceptors (Lipinski definition) is 4. The van der Waals surface area contributed by atoms with Crippen LogP contribution in [0.25, 0.3) is 5.69 Å². The highest BCUT2D eigenvalue weighted by Crippen LogP contribution is 2.39. The zero-order chi connectivity index (χ0) is 14.8. The van der Waals surface area contributed by atoms with Gasteiger partial charge >= 0.3 is 5.97 Å². The van der Waals surface area contributed by atoms with Crippen molar-refractivity contribution < 1.29 is 9.53 Å². The Morgan fingerprint density at radius 2 is 2.14 bits per heavy atom. The summed E-state index contributed by atoms with van der Waals surface area (Å²) >= 11 is 0. The molecule has 1 aliphatic rings. The molecule has 0 aliphatic heterocycles. The maximum Gasteiger partial charge on any atom is 0.358 e. The number of rotatable bonds is 4. The third-order valence-electron chi connectivity index (χ3n) is 3.40. The lowest BCUT2D eigenvalue weighted by atomic mass is 10.2. The Balaban J connectivity index is 1.98. The second kappa shape index (κ2) is 5.41. The normalized spacial score (nSPS) is 15.2. The van der Waals surface area contributed by atoms with Gasteiger partial charge in [0.05, 0.1) is 11.4 Å². The molecule has 1 atom stereocenters. The highest BCUT2D eigenvalue weighted by molar-refractivity contribution is 5.88. The van der Waals surface area contributed by atoms with E-state index in [1.807, 2.05) is 36.4 Å². The SMILES string of the molecule is C[C@@H](C#N)OC(=O)c1cc(C2CC2)nn1-c1ccccc1. The molecule has 0 saturated heterocycles. The molecule has 0 spiro atoms. The van der Waals surface area contributed by atoms with E-state index < -0.39 is 12.1 Å². The number of carbonyl (C=O) groups is 1. The van der Waals surface area contributed by atoms with Gasteiger partial charge in [0, 0.05) is 5.92 Å². The first kappa shape index (κ1) is 13.4. The van der Waals surface area contributed by atoms with E-state index >= 15 is 0 Å². The van der Waals surface area contributed by atoms with Gasteiger partial charge in [-0.15, -0.1) is 0 Å². The highest BCUT2D eigenvalue weighted by atomic mass is 16.5. The minimum absolute atomic E-state index is 0.366. The molecule has 21 heavy (non-hydrogen) atoms. The fourth-order valence-electron chi connectivity index (χ4n) is 2.14. The smallest absolute Gasteiger partial charge is 0.358 e. The first-order chi connectivity index (χ1) is 10.2. The van der Waals surface area contributed by atoms with Crippen LogP contribution < -0.4 is 0 Å². The van der Waals surface area contributed by atoms with Crippen LogP contribution in [-0.4, -0.2) is 21.9 Å². The minimum atomic E-state index is -0.777. The number of benzene rings is 1. The molecule has 106 valence electrons. The molecule has 0 radical (unpaired) electrons. The van der Waals surface area contributed by atoms with Crippen LogP contribution >= 0.6 is 0 Å². The molecule has 5 nitrogen and oxygen atoms in total. The molecule has 1 fully saturated rings. The van der Waals surface area contributed by atoms with Crippen molar-refractivity contribution >= 4 is 5.97 Å². The van der Waals surface area contributed by atoms with Crippen LogP contribution in [0.5, 0.6) is 0 Å². The van der Waals surface area contributed by atoms with Crippen LogP contribution in [-0.2, 0) is 4.74 Å². The minimum Gasteiger partial charge on any atom is -0.443 e. The van der Waals surface area contributed by atoms with E-state index in [2.05, 4.69) is 5.10 Å². The molecule has 1 heterocycles. The quantitative estimate of drug-likeness (QED) is 0.808. The number of carbonyl (C=O) groups excluding carboxylic acids is 1. The molecular weight excluding hydrogens is 266 g/mol. The third kappa shape index (κ3) is 2.79. The summed E-state index contributed by atoms with van der Waals surface area (Å²) in [7, 11) is 0. The van der Waals surface area contributed by atoms with Gasteiger partial charge in [-0.3, -0.25) is 0 Å². The predicted molar refractivity (Wildman–Crippen MR) is 76.0 cm³/mol. The van der Waals surface area contributed by atoms with Crippen LogP contribution in [0.3, 0.4) is 0 Å². The average Bonchev–Trinajstić information content (AvgIpc) is 3.26. The van der Waals surface area contributed by atoms with Gasteiger partial charge in [0.1, 0.15) is 6.07 Å². The van der Waals surface area contributed by atoms with Gasteiger partial charge in [-0.25, -0.2) is 9.48 Å².